The highest BCUT2D eigenvalue weighted by molar-refractivity contribution is 5.00. The van der Waals surface area contributed by atoms with Gasteiger partial charge in [-0.3, -0.25) is 4.68 Å². The van der Waals surface area contributed by atoms with Gasteiger partial charge in [0.15, 0.2) is 0 Å². The van der Waals surface area contributed by atoms with Crippen molar-refractivity contribution in [1.82, 2.24) is 15.1 Å². The van der Waals surface area contributed by atoms with Crippen LogP contribution in [0.2, 0.25) is 0 Å². The molecule has 1 aliphatic carbocycles. The van der Waals surface area contributed by atoms with E-state index in [1.54, 1.807) is 0 Å². The molecular formula is C16H27N3O. The van der Waals surface area contributed by atoms with Crippen LogP contribution in [-0.2, 0) is 11.3 Å². The SMILES string of the molecule is CC(NCc1ccn(C2CCCC2)n1)C1CCOCC1. The highest BCUT2D eigenvalue weighted by Gasteiger charge is 2.21. The second-order valence-corrected chi connectivity index (χ2v) is 6.34. The fourth-order valence-electron chi connectivity index (χ4n) is 3.49. The average Bonchev–Trinajstić information content (AvgIpc) is 3.16. The van der Waals surface area contributed by atoms with E-state index in [1.807, 2.05) is 0 Å². The summed E-state index contributed by atoms with van der Waals surface area (Å²) in [5, 5.41) is 8.38. The quantitative estimate of drug-likeness (QED) is 0.899. The summed E-state index contributed by atoms with van der Waals surface area (Å²) in [5.41, 5.74) is 1.18. The Morgan fingerprint density at radius 3 is 2.80 bits per heavy atom. The molecule has 1 aromatic heterocycles. The first kappa shape index (κ1) is 14.1. The summed E-state index contributed by atoms with van der Waals surface area (Å²) in [6.07, 6.45) is 9.85. The summed E-state index contributed by atoms with van der Waals surface area (Å²) in [6, 6.07) is 3.37. The van der Waals surface area contributed by atoms with E-state index in [0.717, 1.165) is 25.7 Å². The maximum Gasteiger partial charge on any atom is 0.0762 e. The van der Waals surface area contributed by atoms with Crippen molar-refractivity contribution in [3.8, 4) is 0 Å². The molecule has 2 fully saturated rings. The molecule has 1 aliphatic heterocycles. The molecule has 0 radical (unpaired) electrons. The third-order valence-electron chi connectivity index (χ3n) is 4.94. The molecule has 0 amide bonds. The molecule has 1 unspecified atom stereocenters. The Kier molecular flexibility index (Phi) is 4.73. The van der Waals surface area contributed by atoms with Crippen molar-refractivity contribution in [3.05, 3.63) is 18.0 Å². The zero-order valence-electron chi connectivity index (χ0n) is 12.6. The summed E-state index contributed by atoms with van der Waals surface area (Å²) in [5.74, 6) is 0.751. The Morgan fingerprint density at radius 1 is 1.30 bits per heavy atom. The lowest BCUT2D eigenvalue weighted by Gasteiger charge is -2.28. The van der Waals surface area contributed by atoms with Crippen molar-refractivity contribution in [2.24, 2.45) is 5.92 Å². The Hall–Kier alpha value is -0.870. The standard InChI is InChI=1S/C16H27N3O/c1-13(14-7-10-20-11-8-14)17-12-15-6-9-19(18-15)16-4-2-3-5-16/h6,9,13-14,16-17H,2-5,7-8,10-12H2,1H3. The smallest absolute Gasteiger partial charge is 0.0762 e. The van der Waals surface area contributed by atoms with Crippen LogP contribution in [0.5, 0.6) is 0 Å². The van der Waals surface area contributed by atoms with E-state index in [1.165, 1.54) is 44.2 Å². The van der Waals surface area contributed by atoms with Gasteiger partial charge in [-0.25, -0.2) is 0 Å². The molecule has 20 heavy (non-hydrogen) atoms. The Morgan fingerprint density at radius 2 is 2.05 bits per heavy atom. The number of rotatable bonds is 5. The number of hydrogen-bond acceptors (Lipinski definition) is 3. The maximum atomic E-state index is 5.43. The predicted octanol–water partition coefficient (Wildman–Crippen LogP) is 2.90. The number of hydrogen-bond donors (Lipinski definition) is 1. The van der Waals surface area contributed by atoms with Gasteiger partial charge in [-0.1, -0.05) is 12.8 Å². The van der Waals surface area contributed by atoms with Crippen molar-refractivity contribution in [1.29, 1.82) is 0 Å². The van der Waals surface area contributed by atoms with Crippen LogP contribution in [0.15, 0.2) is 12.3 Å². The minimum absolute atomic E-state index is 0.551. The molecule has 0 aromatic carbocycles. The van der Waals surface area contributed by atoms with Gasteiger partial charge in [0, 0.05) is 32.0 Å². The van der Waals surface area contributed by atoms with Crippen molar-refractivity contribution >= 4 is 0 Å². The first-order valence-electron chi connectivity index (χ1n) is 8.18. The van der Waals surface area contributed by atoms with E-state index >= 15 is 0 Å². The number of nitrogens with one attached hydrogen (secondary N) is 1. The van der Waals surface area contributed by atoms with E-state index in [2.05, 4.69) is 29.2 Å². The van der Waals surface area contributed by atoms with Gasteiger partial charge in [0.1, 0.15) is 0 Å². The van der Waals surface area contributed by atoms with E-state index < -0.39 is 0 Å². The van der Waals surface area contributed by atoms with Crippen LogP contribution in [0, 0.1) is 5.92 Å². The van der Waals surface area contributed by atoms with Gasteiger partial charge in [0.05, 0.1) is 11.7 Å². The molecule has 1 saturated heterocycles. The molecule has 0 bridgehead atoms. The Bertz CT molecular complexity index is 406. The van der Waals surface area contributed by atoms with Gasteiger partial charge in [-0.2, -0.15) is 5.10 Å². The molecule has 4 heteroatoms. The summed E-state index contributed by atoms with van der Waals surface area (Å²) in [6.45, 7) is 5.03. The molecular weight excluding hydrogens is 250 g/mol. The van der Waals surface area contributed by atoms with Crippen LogP contribution in [0.4, 0.5) is 0 Å². The normalized spacial score (nSPS) is 23.2. The highest BCUT2D eigenvalue weighted by Crippen LogP contribution is 2.28. The summed E-state index contributed by atoms with van der Waals surface area (Å²) >= 11 is 0. The van der Waals surface area contributed by atoms with Gasteiger partial charge in [0.25, 0.3) is 0 Å². The van der Waals surface area contributed by atoms with Crippen LogP contribution in [0.3, 0.4) is 0 Å². The average molecular weight is 277 g/mol. The second kappa shape index (κ2) is 6.72. The number of nitrogens with zero attached hydrogens (tertiary/aromatic N) is 2. The lowest BCUT2D eigenvalue weighted by atomic mass is 9.93. The molecule has 1 atom stereocenters. The molecule has 1 N–H and O–H groups in total. The van der Waals surface area contributed by atoms with E-state index in [4.69, 9.17) is 9.84 Å². The minimum Gasteiger partial charge on any atom is -0.381 e. The highest BCUT2D eigenvalue weighted by atomic mass is 16.5. The van der Waals surface area contributed by atoms with Crippen LogP contribution in [0.25, 0.3) is 0 Å². The van der Waals surface area contributed by atoms with Crippen molar-refractivity contribution in [3.63, 3.8) is 0 Å². The van der Waals surface area contributed by atoms with Crippen LogP contribution < -0.4 is 5.32 Å². The van der Waals surface area contributed by atoms with Crippen LogP contribution in [-0.4, -0.2) is 29.0 Å². The molecule has 2 aliphatic rings. The molecule has 4 nitrogen and oxygen atoms in total. The molecule has 1 saturated carbocycles. The minimum atomic E-state index is 0.551. The van der Waals surface area contributed by atoms with Crippen molar-refractivity contribution in [2.45, 2.75) is 64.1 Å². The van der Waals surface area contributed by atoms with Gasteiger partial charge >= 0.3 is 0 Å². The molecule has 112 valence electrons. The zero-order valence-corrected chi connectivity index (χ0v) is 12.6. The number of ether oxygens (including phenoxy) is 1. The lowest BCUT2D eigenvalue weighted by Crippen LogP contribution is -2.36. The van der Waals surface area contributed by atoms with E-state index in [0.29, 0.717) is 12.1 Å². The van der Waals surface area contributed by atoms with Crippen LogP contribution in [0.1, 0.15) is 57.2 Å². The fraction of sp³-hybridized carbons (Fsp3) is 0.812. The molecule has 3 rings (SSSR count). The van der Waals surface area contributed by atoms with E-state index in [-0.39, 0.29) is 0 Å². The first-order valence-corrected chi connectivity index (χ1v) is 8.18. The Balaban J connectivity index is 1.47. The lowest BCUT2D eigenvalue weighted by molar-refractivity contribution is 0.0557. The maximum absolute atomic E-state index is 5.43. The van der Waals surface area contributed by atoms with Crippen molar-refractivity contribution < 1.29 is 4.74 Å². The third kappa shape index (κ3) is 3.41. The molecule has 0 spiro atoms. The Labute approximate surface area is 121 Å². The van der Waals surface area contributed by atoms with Gasteiger partial charge in [-0.15, -0.1) is 0 Å². The molecule has 2 heterocycles. The summed E-state index contributed by atoms with van der Waals surface area (Å²) in [7, 11) is 0. The van der Waals surface area contributed by atoms with Gasteiger partial charge in [-0.05, 0) is 44.6 Å². The topological polar surface area (TPSA) is 39.1 Å². The molecule has 1 aromatic rings. The summed E-state index contributed by atoms with van der Waals surface area (Å²) < 4.78 is 7.61. The van der Waals surface area contributed by atoms with Gasteiger partial charge in [0.2, 0.25) is 0 Å². The number of aromatic nitrogens is 2. The second-order valence-electron chi connectivity index (χ2n) is 6.34. The summed E-state index contributed by atoms with van der Waals surface area (Å²) in [4.78, 5) is 0. The predicted molar refractivity (Wildman–Crippen MR) is 79.6 cm³/mol. The third-order valence-corrected chi connectivity index (χ3v) is 4.94. The van der Waals surface area contributed by atoms with E-state index in [9.17, 15) is 0 Å². The monoisotopic (exact) mass is 277 g/mol. The largest absolute Gasteiger partial charge is 0.381 e. The van der Waals surface area contributed by atoms with Crippen LogP contribution >= 0.6 is 0 Å². The first-order chi connectivity index (χ1) is 9.83. The van der Waals surface area contributed by atoms with Gasteiger partial charge < -0.3 is 10.1 Å². The fourth-order valence-corrected chi connectivity index (χ4v) is 3.49. The van der Waals surface area contributed by atoms with Crippen molar-refractivity contribution in [2.75, 3.05) is 13.2 Å². The zero-order chi connectivity index (χ0) is 13.8.